The van der Waals surface area contributed by atoms with Crippen LogP contribution in [0.4, 0.5) is 11.4 Å². The number of nitrogens with zero attached hydrogens (tertiary/aromatic N) is 1. The van der Waals surface area contributed by atoms with Gasteiger partial charge in [-0.05, 0) is 43.2 Å². The SMILES string of the molecule is COc1cc(OC)c(S(=O)(=O)Nc2ccc(C(=O)N3CCCC3)cc2)cc1NC(C)=O. The number of ether oxygens (including phenoxy) is 2. The van der Waals surface area contributed by atoms with Crippen molar-refractivity contribution in [3.63, 3.8) is 0 Å². The monoisotopic (exact) mass is 447 g/mol. The largest absolute Gasteiger partial charge is 0.495 e. The van der Waals surface area contributed by atoms with E-state index in [0.29, 0.717) is 5.56 Å². The maximum Gasteiger partial charge on any atom is 0.265 e. The van der Waals surface area contributed by atoms with Crippen molar-refractivity contribution in [1.29, 1.82) is 0 Å². The summed E-state index contributed by atoms with van der Waals surface area (Å²) in [6.07, 6.45) is 1.99. The zero-order valence-corrected chi connectivity index (χ0v) is 18.4. The highest BCUT2D eigenvalue weighted by atomic mass is 32.2. The fourth-order valence-electron chi connectivity index (χ4n) is 3.36. The summed E-state index contributed by atoms with van der Waals surface area (Å²) < 4.78 is 39.0. The molecule has 1 aliphatic rings. The molecule has 10 heteroatoms. The maximum absolute atomic E-state index is 13.0. The molecule has 3 rings (SSSR count). The van der Waals surface area contributed by atoms with E-state index in [2.05, 4.69) is 10.0 Å². The second-order valence-corrected chi connectivity index (χ2v) is 8.72. The van der Waals surface area contributed by atoms with Crippen molar-refractivity contribution < 1.29 is 27.5 Å². The molecular weight excluding hydrogens is 422 g/mol. The molecule has 0 unspecified atom stereocenters. The summed E-state index contributed by atoms with van der Waals surface area (Å²) in [5.74, 6) is -0.128. The van der Waals surface area contributed by atoms with E-state index in [1.165, 1.54) is 45.4 Å². The van der Waals surface area contributed by atoms with Crippen LogP contribution in [-0.2, 0) is 14.8 Å². The Morgan fingerprint density at radius 1 is 0.968 bits per heavy atom. The normalized spacial score (nSPS) is 13.6. The van der Waals surface area contributed by atoms with E-state index < -0.39 is 10.0 Å². The number of likely N-dealkylation sites (tertiary alicyclic amines) is 1. The number of carbonyl (C=O) groups excluding carboxylic acids is 2. The number of hydrogen-bond acceptors (Lipinski definition) is 6. The second-order valence-electron chi connectivity index (χ2n) is 7.07. The van der Waals surface area contributed by atoms with Gasteiger partial charge in [0, 0.05) is 37.3 Å². The first-order chi connectivity index (χ1) is 14.7. The average molecular weight is 448 g/mol. The third kappa shape index (κ3) is 5.08. The van der Waals surface area contributed by atoms with Crippen LogP contribution in [0.2, 0.25) is 0 Å². The first-order valence-electron chi connectivity index (χ1n) is 9.71. The van der Waals surface area contributed by atoms with Gasteiger partial charge in [0.05, 0.1) is 19.9 Å². The number of benzene rings is 2. The van der Waals surface area contributed by atoms with Crippen LogP contribution in [-0.4, -0.2) is 52.4 Å². The van der Waals surface area contributed by atoms with Gasteiger partial charge >= 0.3 is 0 Å². The van der Waals surface area contributed by atoms with Gasteiger partial charge in [0.1, 0.15) is 16.4 Å². The molecule has 0 aliphatic carbocycles. The molecule has 2 amide bonds. The molecule has 2 aromatic rings. The molecule has 166 valence electrons. The Kier molecular flexibility index (Phi) is 6.69. The van der Waals surface area contributed by atoms with Crippen LogP contribution in [0, 0.1) is 0 Å². The second kappa shape index (κ2) is 9.25. The van der Waals surface area contributed by atoms with Gasteiger partial charge in [0.25, 0.3) is 15.9 Å². The van der Waals surface area contributed by atoms with Gasteiger partial charge in [0.15, 0.2) is 0 Å². The number of hydrogen-bond donors (Lipinski definition) is 2. The zero-order valence-electron chi connectivity index (χ0n) is 17.6. The first kappa shape index (κ1) is 22.4. The number of methoxy groups -OCH3 is 2. The van der Waals surface area contributed by atoms with Crippen molar-refractivity contribution in [1.82, 2.24) is 4.90 Å². The number of sulfonamides is 1. The average Bonchev–Trinajstić information content (AvgIpc) is 3.27. The molecule has 9 nitrogen and oxygen atoms in total. The third-order valence-corrected chi connectivity index (χ3v) is 6.27. The van der Waals surface area contributed by atoms with Crippen LogP contribution in [0.15, 0.2) is 41.3 Å². The Hall–Kier alpha value is -3.27. The molecule has 2 N–H and O–H groups in total. The highest BCUT2D eigenvalue weighted by Gasteiger charge is 2.24. The van der Waals surface area contributed by atoms with Gasteiger partial charge < -0.3 is 19.7 Å². The minimum absolute atomic E-state index is 0.0549. The smallest absolute Gasteiger partial charge is 0.265 e. The lowest BCUT2D eigenvalue weighted by molar-refractivity contribution is -0.114. The lowest BCUT2D eigenvalue weighted by Gasteiger charge is -2.17. The standard InChI is InChI=1S/C21H25N3O6S/c1-14(25)22-17-12-20(19(30-3)13-18(17)29-2)31(27,28)23-16-8-6-15(7-9-16)21(26)24-10-4-5-11-24/h6-9,12-13,23H,4-5,10-11H2,1-3H3,(H,22,25). The molecule has 1 saturated heterocycles. The van der Waals surface area contributed by atoms with E-state index in [9.17, 15) is 18.0 Å². The lowest BCUT2D eigenvalue weighted by atomic mass is 10.2. The van der Waals surface area contributed by atoms with Crippen LogP contribution >= 0.6 is 0 Å². The van der Waals surface area contributed by atoms with Gasteiger partial charge in [-0.2, -0.15) is 0 Å². The summed E-state index contributed by atoms with van der Waals surface area (Å²) >= 11 is 0. The molecule has 0 bridgehead atoms. The molecule has 31 heavy (non-hydrogen) atoms. The van der Waals surface area contributed by atoms with Crippen LogP contribution in [0.25, 0.3) is 0 Å². The van der Waals surface area contributed by atoms with E-state index in [0.717, 1.165) is 25.9 Å². The third-order valence-electron chi connectivity index (χ3n) is 4.86. The van der Waals surface area contributed by atoms with Gasteiger partial charge in [-0.1, -0.05) is 0 Å². The van der Waals surface area contributed by atoms with Crippen LogP contribution in [0.5, 0.6) is 11.5 Å². The van der Waals surface area contributed by atoms with Crippen molar-refractivity contribution in [2.45, 2.75) is 24.7 Å². The predicted octanol–water partition coefficient (Wildman–Crippen LogP) is 2.70. The van der Waals surface area contributed by atoms with E-state index in [4.69, 9.17) is 9.47 Å². The Morgan fingerprint density at radius 2 is 1.58 bits per heavy atom. The summed E-state index contributed by atoms with van der Waals surface area (Å²) in [6.45, 7) is 2.78. The number of amides is 2. The van der Waals surface area contributed by atoms with E-state index in [-0.39, 0.29) is 39.6 Å². The van der Waals surface area contributed by atoms with Crippen molar-refractivity contribution in [3.8, 4) is 11.5 Å². The molecule has 0 atom stereocenters. The Balaban J connectivity index is 1.87. The Labute approximate surface area is 181 Å². The number of anilines is 2. The number of nitrogens with one attached hydrogen (secondary N) is 2. The Bertz CT molecular complexity index is 1080. The molecule has 0 saturated carbocycles. The summed E-state index contributed by atoms with van der Waals surface area (Å²) in [5, 5.41) is 2.54. The molecule has 0 aromatic heterocycles. The highest BCUT2D eigenvalue weighted by Crippen LogP contribution is 2.36. The van der Waals surface area contributed by atoms with Crippen molar-refractivity contribution in [3.05, 3.63) is 42.0 Å². The van der Waals surface area contributed by atoms with Crippen LogP contribution < -0.4 is 19.5 Å². The fourth-order valence-corrected chi connectivity index (χ4v) is 4.60. The van der Waals surface area contributed by atoms with E-state index in [1.807, 2.05) is 0 Å². The summed E-state index contributed by atoms with van der Waals surface area (Å²) in [7, 11) is -1.33. The number of carbonyl (C=O) groups is 2. The quantitative estimate of drug-likeness (QED) is 0.675. The molecule has 0 radical (unpaired) electrons. The van der Waals surface area contributed by atoms with Gasteiger partial charge in [-0.25, -0.2) is 8.42 Å². The summed E-state index contributed by atoms with van der Waals surface area (Å²) in [4.78, 5) is 25.5. The van der Waals surface area contributed by atoms with E-state index in [1.54, 1.807) is 17.0 Å². The molecule has 1 heterocycles. The van der Waals surface area contributed by atoms with Crippen molar-refractivity contribution in [2.75, 3.05) is 37.3 Å². The van der Waals surface area contributed by atoms with Crippen LogP contribution in [0.3, 0.4) is 0 Å². The summed E-state index contributed by atoms with van der Waals surface area (Å²) in [5.41, 5.74) is 0.986. The first-order valence-corrected chi connectivity index (χ1v) is 11.2. The fraction of sp³-hybridized carbons (Fsp3) is 0.333. The molecule has 1 aliphatic heterocycles. The van der Waals surface area contributed by atoms with Gasteiger partial charge in [-0.15, -0.1) is 0 Å². The van der Waals surface area contributed by atoms with Gasteiger partial charge in [0.2, 0.25) is 5.91 Å². The maximum atomic E-state index is 13.0. The zero-order chi connectivity index (χ0) is 22.6. The van der Waals surface area contributed by atoms with E-state index >= 15 is 0 Å². The lowest BCUT2D eigenvalue weighted by Crippen LogP contribution is -2.27. The molecule has 0 spiro atoms. The molecular formula is C21H25N3O6S. The Morgan fingerprint density at radius 3 is 2.13 bits per heavy atom. The predicted molar refractivity (Wildman–Crippen MR) is 116 cm³/mol. The van der Waals surface area contributed by atoms with Gasteiger partial charge in [-0.3, -0.25) is 14.3 Å². The minimum Gasteiger partial charge on any atom is -0.495 e. The van der Waals surface area contributed by atoms with Crippen LogP contribution in [0.1, 0.15) is 30.1 Å². The summed E-state index contributed by atoms with van der Waals surface area (Å²) in [6, 6.07) is 8.90. The molecule has 2 aromatic carbocycles. The molecule has 1 fully saturated rings. The highest BCUT2D eigenvalue weighted by molar-refractivity contribution is 7.92. The minimum atomic E-state index is -4.07. The number of rotatable bonds is 7. The van der Waals surface area contributed by atoms with Crippen molar-refractivity contribution in [2.24, 2.45) is 0 Å². The topological polar surface area (TPSA) is 114 Å². The van der Waals surface area contributed by atoms with Crippen molar-refractivity contribution >= 4 is 33.2 Å².